The van der Waals surface area contributed by atoms with Gasteiger partial charge in [-0.3, -0.25) is 4.79 Å². The highest BCUT2D eigenvalue weighted by molar-refractivity contribution is 5.92. The first-order chi connectivity index (χ1) is 13.1. The van der Waals surface area contributed by atoms with Crippen LogP contribution in [0.1, 0.15) is 55.6 Å². The van der Waals surface area contributed by atoms with E-state index in [1.165, 1.54) is 24.7 Å². The molecule has 1 saturated carbocycles. The molecule has 0 aliphatic heterocycles. The van der Waals surface area contributed by atoms with Crippen LogP contribution in [0.2, 0.25) is 0 Å². The van der Waals surface area contributed by atoms with E-state index in [9.17, 15) is 4.79 Å². The molecule has 6 nitrogen and oxygen atoms in total. The predicted molar refractivity (Wildman–Crippen MR) is 110 cm³/mol. The molecule has 0 bridgehead atoms. The summed E-state index contributed by atoms with van der Waals surface area (Å²) in [6.07, 6.45) is 7.63. The van der Waals surface area contributed by atoms with Crippen molar-refractivity contribution in [3.63, 3.8) is 0 Å². The van der Waals surface area contributed by atoms with Crippen molar-refractivity contribution in [2.75, 3.05) is 23.3 Å². The highest BCUT2D eigenvalue weighted by Crippen LogP contribution is 2.25. The van der Waals surface area contributed by atoms with Gasteiger partial charge >= 0.3 is 0 Å². The number of carbonyl (C=O) groups excluding carboxylic acids is 1. The molecule has 1 aliphatic carbocycles. The molecule has 3 rings (SSSR count). The van der Waals surface area contributed by atoms with E-state index in [0.29, 0.717) is 11.5 Å². The third-order valence-electron chi connectivity index (χ3n) is 5.18. The number of aromatic nitrogens is 2. The SMILES string of the molecule is CCN(CC)c1ccc(Nc2cnc(C(=O)NC3CCCC3)cn2)c(C)c1. The van der Waals surface area contributed by atoms with Gasteiger partial charge in [0.25, 0.3) is 5.91 Å². The lowest BCUT2D eigenvalue weighted by Crippen LogP contribution is -2.33. The second kappa shape index (κ2) is 8.84. The third kappa shape index (κ3) is 4.76. The van der Waals surface area contributed by atoms with Gasteiger partial charge in [-0.25, -0.2) is 9.97 Å². The molecule has 1 fully saturated rings. The molecule has 2 N–H and O–H groups in total. The molecule has 144 valence electrons. The molecular weight excluding hydrogens is 338 g/mol. The molecule has 1 amide bonds. The average molecular weight is 367 g/mol. The van der Waals surface area contributed by atoms with Gasteiger partial charge in [0.05, 0.1) is 12.4 Å². The zero-order valence-corrected chi connectivity index (χ0v) is 16.5. The van der Waals surface area contributed by atoms with Crippen LogP contribution in [-0.4, -0.2) is 35.0 Å². The number of nitrogens with one attached hydrogen (secondary N) is 2. The van der Waals surface area contributed by atoms with Gasteiger partial charge in [-0.2, -0.15) is 0 Å². The second-order valence-corrected chi connectivity index (χ2v) is 7.04. The number of nitrogens with zero attached hydrogens (tertiary/aromatic N) is 3. The fourth-order valence-electron chi connectivity index (χ4n) is 3.55. The number of amides is 1. The van der Waals surface area contributed by atoms with Crippen molar-refractivity contribution >= 4 is 23.1 Å². The highest BCUT2D eigenvalue weighted by atomic mass is 16.1. The van der Waals surface area contributed by atoms with Crippen molar-refractivity contribution in [3.05, 3.63) is 41.9 Å². The average Bonchev–Trinajstić information content (AvgIpc) is 3.18. The normalized spacial score (nSPS) is 14.2. The fraction of sp³-hybridized carbons (Fsp3) is 0.476. The largest absolute Gasteiger partial charge is 0.372 e. The van der Waals surface area contributed by atoms with Crippen molar-refractivity contribution in [2.45, 2.75) is 52.5 Å². The van der Waals surface area contributed by atoms with Crippen LogP contribution in [0.5, 0.6) is 0 Å². The topological polar surface area (TPSA) is 70.2 Å². The van der Waals surface area contributed by atoms with Crippen LogP contribution in [0.4, 0.5) is 17.2 Å². The molecule has 0 unspecified atom stereocenters. The Hall–Kier alpha value is -2.63. The maximum atomic E-state index is 12.2. The summed E-state index contributed by atoms with van der Waals surface area (Å²) in [6, 6.07) is 6.63. The van der Waals surface area contributed by atoms with Gasteiger partial charge in [-0.15, -0.1) is 0 Å². The quantitative estimate of drug-likeness (QED) is 0.773. The Morgan fingerprint density at radius 2 is 1.89 bits per heavy atom. The van der Waals surface area contributed by atoms with Gasteiger partial charge < -0.3 is 15.5 Å². The molecule has 0 saturated heterocycles. The summed E-state index contributed by atoms with van der Waals surface area (Å²) in [7, 11) is 0. The molecule has 1 aliphatic rings. The smallest absolute Gasteiger partial charge is 0.271 e. The number of hydrogen-bond donors (Lipinski definition) is 2. The Morgan fingerprint density at radius 3 is 2.48 bits per heavy atom. The zero-order chi connectivity index (χ0) is 19.2. The van der Waals surface area contributed by atoms with Gasteiger partial charge in [0, 0.05) is 30.5 Å². The molecule has 0 radical (unpaired) electrons. The maximum absolute atomic E-state index is 12.2. The number of benzene rings is 1. The van der Waals surface area contributed by atoms with Crippen molar-refractivity contribution in [1.29, 1.82) is 0 Å². The summed E-state index contributed by atoms with van der Waals surface area (Å²) in [5, 5.41) is 6.32. The molecule has 27 heavy (non-hydrogen) atoms. The Balaban J connectivity index is 1.64. The standard InChI is InChI=1S/C21H29N5O/c1-4-26(5-2)17-10-11-18(15(3)12-17)25-20-14-22-19(13-23-20)21(27)24-16-8-6-7-9-16/h10-14,16H,4-9H2,1-3H3,(H,23,25)(H,24,27). The van der Waals surface area contributed by atoms with Gasteiger partial charge in [0.1, 0.15) is 11.5 Å². The Bertz CT molecular complexity index is 765. The minimum absolute atomic E-state index is 0.138. The summed E-state index contributed by atoms with van der Waals surface area (Å²) in [5.41, 5.74) is 3.71. The Morgan fingerprint density at radius 1 is 1.15 bits per heavy atom. The van der Waals surface area contributed by atoms with E-state index >= 15 is 0 Å². The van der Waals surface area contributed by atoms with Crippen LogP contribution in [0.25, 0.3) is 0 Å². The summed E-state index contributed by atoms with van der Waals surface area (Å²) < 4.78 is 0. The van der Waals surface area contributed by atoms with E-state index in [-0.39, 0.29) is 11.9 Å². The summed E-state index contributed by atoms with van der Waals surface area (Å²) >= 11 is 0. The second-order valence-electron chi connectivity index (χ2n) is 7.04. The van der Waals surface area contributed by atoms with E-state index in [0.717, 1.165) is 37.2 Å². The fourth-order valence-corrected chi connectivity index (χ4v) is 3.55. The summed E-state index contributed by atoms with van der Waals surface area (Å²) in [4.78, 5) is 23.2. The van der Waals surface area contributed by atoms with Crippen molar-refractivity contribution in [1.82, 2.24) is 15.3 Å². The Kier molecular flexibility index (Phi) is 6.27. The molecule has 0 spiro atoms. The number of carbonyl (C=O) groups is 1. The third-order valence-corrected chi connectivity index (χ3v) is 5.18. The van der Waals surface area contributed by atoms with E-state index in [2.05, 4.69) is 64.5 Å². The first-order valence-electron chi connectivity index (χ1n) is 9.86. The lowest BCUT2D eigenvalue weighted by Gasteiger charge is -2.22. The number of rotatable bonds is 7. The van der Waals surface area contributed by atoms with E-state index in [1.54, 1.807) is 6.20 Å². The van der Waals surface area contributed by atoms with E-state index < -0.39 is 0 Å². The molecule has 1 heterocycles. The van der Waals surface area contributed by atoms with Crippen LogP contribution in [0.3, 0.4) is 0 Å². The monoisotopic (exact) mass is 367 g/mol. The molecule has 0 atom stereocenters. The lowest BCUT2D eigenvalue weighted by atomic mass is 10.1. The Labute approximate surface area is 161 Å². The van der Waals surface area contributed by atoms with Gasteiger partial charge in [-0.05, 0) is 57.4 Å². The van der Waals surface area contributed by atoms with Crippen molar-refractivity contribution in [2.24, 2.45) is 0 Å². The molecule has 1 aromatic heterocycles. The maximum Gasteiger partial charge on any atom is 0.271 e. The van der Waals surface area contributed by atoms with Crippen LogP contribution in [0.15, 0.2) is 30.6 Å². The summed E-state index contributed by atoms with van der Waals surface area (Å²) in [6.45, 7) is 8.36. The van der Waals surface area contributed by atoms with Crippen LogP contribution >= 0.6 is 0 Å². The predicted octanol–water partition coefficient (Wildman–Crippen LogP) is 4.05. The first kappa shape index (κ1) is 19.1. The minimum atomic E-state index is -0.138. The van der Waals surface area contributed by atoms with Crippen LogP contribution in [-0.2, 0) is 0 Å². The van der Waals surface area contributed by atoms with E-state index in [4.69, 9.17) is 0 Å². The minimum Gasteiger partial charge on any atom is -0.372 e. The summed E-state index contributed by atoms with van der Waals surface area (Å²) in [5.74, 6) is 0.492. The van der Waals surface area contributed by atoms with E-state index in [1.807, 2.05) is 0 Å². The lowest BCUT2D eigenvalue weighted by molar-refractivity contribution is 0.0932. The number of anilines is 3. The van der Waals surface area contributed by atoms with Gasteiger partial charge in [-0.1, -0.05) is 12.8 Å². The van der Waals surface area contributed by atoms with Crippen molar-refractivity contribution < 1.29 is 4.79 Å². The van der Waals surface area contributed by atoms with Crippen molar-refractivity contribution in [3.8, 4) is 0 Å². The number of hydrogen-bond acceptors (Lipinski definition) is 5. The van der Waals surface area contributed by atoms with Gasteiger partial charge in [0.15, 0.2) is 0 Å². The molecule has 2 aromatic rings. The molecule has 1 aromatic carbocycles. The highest BCUT2D eigenvalue weighted by Gasteiger charge is 2.18. The van der Waals surface area contributed by atoms with Crippen LogP contribution < -0.4 is 15.5 Å². The number of aryl methyl sites for hydroxylation is 1. The van der Waals surface area contributed by atoms with Gasteiger partial charge in [0.2, 0.25) is 0 Å². The van der Waals surface area contributed by atoms with Crippen LogP contribution in [0, 0.1) is 6.92 Å². The molecule has 6 heteroatoms. The molecular formula is C21H29N5O. The first-order valence-corrected chi connectivity index (χ1v) is 9.86. The zero-order valence-electron chi connectivity index (χ0n) is 16.5.